The molecule has 0 unspecified atom stereocenters. The second-order valence-corrected chi connectivity index (χ2v) is 6.33. The lowest BCUT2D eigenvalue weighted by Gasteiger charge is -2.07. The lowest BCUT2D eigenvalue weighted by molar-refractivity contribution is 0.0953. The summed E-state index contributed by atoms with van der Waals surface area (Å²) in [5, 5.41) is 7.16. The quantitative estimate of drug-likeness (QED) is 0.633. The number of aryl methyl sites for hydroxylation is 1. The highest BCUT2D eigenvalue weighted by molar-refractivity contribution is 9.10. The van der Waals surface area contributed by atoms with E-state index in [9.17, 15) is 4.79 Å². The van der Waals surface area contributed by atoms with Crippen molar-refractivity contribution in [3.8, 4) is 5.69 Å². The van der Waals surface area contributed by atoms with Crippen LogP contribution in [0.1, 0.15) is 23.2 Å². The molecule has 0 aliphatic carbocycles. The Morgan fingerprint density at radius 3 is 2.71 bits per heavy atom. The number of nitrogens with one attached hydrogen (secondary N) is 1. The number of benzene rings is 1. The molecule has 3 rings (SSSR count). The molecule has 2 aromatic heterocycles. The van der Waals surface area contributed by atoms with Crippen LogP contribution in [0.15, 0.2) is 59.9 Å². The average Bonchev–Trinajstić information content (AvgIpc) is 3.26. The molecule has 3 aromatic rings. The molecule has 7 heteroatoms. The predicted octanol–water partition coefficient (Wildman–Crippen LogP) is 3.04. The first-order chi connectivity index (χ1) is 11.7. The van der Waals surface area contributed by atoms with E-state index in [1.54, 1.807) is 23.4 Å². The number of rotatable bonds is 7. The number of nitrogens with zero attached hydrogens (tertiary/aromatic N) is 4. The molecule has 2 heterocycles. The van der Waals surface area contributed by atoms with E-state index < -0.39 is 0 Å². The number of imidazole rings is 1. The van der Waals surface area contributed by atoms with Gasteiger partial charge in [-0.1, -0.05) is 0 Å². The van der Waals surface area contributed by atoms with Gasteiger partial charge in [-0.2, -0.15) is 5.10 Å². The van der Waals surface area contributed by atoms with Gasteiger partial charge < -0.3 is 9.88 Å². The second-order valence-electron chi connectivity index (χ2n) is 5.41. The molecule has 0 fully saturated rings. The number of hydrogen-bond acceptors (Lipinski definition) is 3. The minimum atomic E-state index is -0.0502. The predicted molar refractivity (Wildman–Crippen MR) is 95.1 cm³/mol. The molecule has 0 bridgehead atoms. The zero-order chi connectivity index (χ0) is 16.8. The zero-order valence-corrected chi connectivity index (χ0v) is 14.7. The Morgan fingerprint density at radius 2 is 2.04 bits per heavy atom. The number of halogens is 1. The van der Waals surface area contributed by atoms with Gasteiger partial charge in [-0.25, -0.2) is 9.67 Å². The summed E-state index contributed by atoms with van der Waals surface area (Å²) in [6.45, 7) is 1.59. The van der Waals surface area contributed by atoms with E-state index in [2.05, 4.69) is 31.3 Å². The third-order valence-corrected chi connectivity index (χ3v) is 4.04. The van der Waals surface area contributed by atoms with E-state index in [-0.39, 0.29) is 5.91 Å². The first-order valence-corrected chi connectivity index (χ1v) is 8.56. The lowest BCUT2D eigenvalue weighted by Crippen LogP contribution is -2.24. The highest BCUT2D eigenvalue weighted by Crippen LogP contribution is 2.13. The number of carbonyl (C=O) groups excluding carboxylic acids is 1. The summed E-state index contributed by atoms with van der Waals surface area (Å²) in [5.41, 5.74) is 1.57. The van der Waals surface area contributed by atoms with E-state index in [1.165, 1.54) is 0 Å². The molecule has 24 heavy (non-hydrogen) atoms. The first kappa shape index (κ1) is 16.4. The van der Waals surface area contributed by atoms with Crippen LogP contribution in [-0.4, -0.2) is 31.8 Å². The van der Waals surface area contributed by atoms with Crippen LogP contribution in [0.2, 0.25) is 0 Å². The Hall–Kier alpha value is -2.41. The van der Waals surface area contributed by atoms with Crippen molar-refractivity contribution in [2.24, 2.45) is 0 Å². The fourth-order valence-corrected chi connectivity index (χ4v) is 2.64. The maximum absolute atomic E-state index is 12.1. The van der Waals surface area contributed by atoms with E-state index in [4.69, 9.17) is 0 Å². The number of amides is 1. The van der Waals surface area contributed by atoms with Crippen molar-refractivity contribution in [1.29, 1.82) is 0 Å². The van der Waals surface area contributed by atoms with Gasteiger partial charge in [-0.15, -0.1) is 0 Å². The molecule has 0 saturated heterocycles. The van der Waals surface area contributed by atoms with Gasteiger partial charge in [0.1, 0.15) is 0 Å². The third-order valence-electron chi connectivity index (χ3n) is 3.63. The summed E-state index contributed by atoms with van der Waals surface area (Å²) >= 11 is 3.37. The Morgan fingerprint density at radius 1 is 1.21 bits per heavy atom. The number of hydrogen-bond donors (Lipinski definition) is 1. The van der Waals surface area contributed by atoms with Crippen molar-refractivity contribution in [2.75, 3.05) is 6.54 Å². The van der Waals surface area contributed by atoms with Crippen molar-refractivity contribution in [3.63, 3.8) is 0 Å². The van der Waals surface area contributed by atoms with Gasteiger partial charge in [-0.3, -0.25) is 4.79 Å². The van der Waals surface area contributed by atoms with Crippen LogP contribution in [-0.2, 0) is 6.54 Å². The third kappa shape index (κ3) is 4.32. The Kier molecular flexibility index (Phi) is 5.43. The molecular weight excluding hydrogens is 370 g/mol. The molecule has 124 valence electrons. The van der Waals surface area contributed by atoms with Gasteiger partial charge in [0.25, 0.3) is 5.91 Å². The lowest BCUT2D eigenvalue weighted by atomic mass is 10.2. The summed E-state index contributed by atoms with van der Waals surface area (Å²) in [5.74, 6) is -0.0502. The highest BCUT2D eigenvalue weighted by Gasteiger charge is 2.06. The SMILES string of the molecule is O=C(NCCCCn1ccnc1)c1ccc(-n2cc(Br)cn2)cc1. The topological polar surface area (TPSA) is 64.7 Å². The molecule has 0 atom stereocenters. The fourth-order valence-electron chi connectivity index (χ4n) is 2.35. The van der Waals surface area contributed by atoms with Gasteiger partial charge in [0.05, 0.1) is 22.7 Å². The molecule has 0 spiro atoms. The largest absolute Gasteiger partial charge is 0.352 e. The minimum absolute atomic E-state index is 0.0502. The molecular formula is C17H18BrN5O. The van der Waals surface area contributed by atoms with Gasteiger partial charge in [0.15, 0.2) is 0 Å². The maximum Gasteiger partial charge on any atom is 0.251 e. The molecule has 1 N–H and O–H groups in total. The summed E-state index contributed by atoms with van der Waals surface area (Å²) in [4.78, 5) is 16.1. The van der Waals surface area contributed by atoms with Crippen LogP contribution in [0.4, 0.5) is 0 Å². The number of aromatic nitrogens is 4. The van der Waals surface area contributed by atoms with Crippen molar-refractivity contribution in [1.82, 2.24) is 24.6 Å². The van der Waals surface area contributed by atoms with Crippen LogP contribution < -0.4 is 5.32 Å². The molecule has 1 amide bonds. The fraction of sp³-hybridized carbons (Fsp3) is 0.235. The average molecular weight is 388 g/mol. The smallest absolute Gasteiger partial charge is 0.251 e. The van der Waals surface area contributed by atoms with Gasteiger partial charge in [-0.05, 0) is 53.0 Å². The van der Waals surface area contributed by atoms with E-state index in [0.717, 1.165) is 29.5 Å². The van der Waals surface area contributed by atoms with Crippen molar-refractivity contribution < 1.29 is 4.79 Å². The van der Waals surface area contributed by atoms with Crippen molar-refractivity contribution in [3.05, 3.63) is 65.4 Å². The van der Waals surface area contributed by atoms with Gasteiger partial charge in [0, 0.05) is 37.2 Å². The van der Waals surface area contributed by atoms with Crippen LogP contribution in [0, 0.1) is 0 Å². The maximum atomic E-state index is 12.1. The summed E-state index contributed by atoms with van der Waals surface area (Å²) in [6.07, 6.45) is 11.1. The van der Waals surface area contributed by atoms with E-state index >= 15 is 0 Å². The molecule has 1 aromatic carbocycles. The van der Waals surface area contributed by atoms with E-state index in [1.807, 2.05) is 41.2 Å². The second kappa shape index (κ2) is 7.92. The summed E-state index contributed by atoms with van der Waals surface area (Å²) in [6, 6.07) is 7.39. The van der Waals surface area contributed by atoms with Crippen LogP contribution in [0.5, 0.6) is 0 Å². The molecule has 0 aliphatic heterocycles. The molecule has 0 aliphatic rings. The van der Waals surface area contributed by atoms with Crippen LogP contribution in [0.25, 0.3) is 5.69 Å². The summed E-state index contributed by atoms with van der Waals surface area (Å²) < 4.78 is 4.70. The number of unbranched alkanes of at least 4 members (excludes halogenated alkanes) is 1. The van der Waals surface area contributed by atoms with E-state index in [0.29, 0.717) is 12.1 Å². The van der Waals surface area contributed by atoms with Crippen molar-refractivity contribution in [2.45, 2.75) is 19.4 Å². The monoisotopic (exact) mass is 387 g/mol. The first-order valence-electron chi connectivity index (χ1n) is 7.77. The van der Waals surface area contributed by atoms with Gasteiger partial charge in [0.2, 0.25) is 0 Å². The van der Waals surface area contributed by atoms with Crippen molar-refractivity contribution >= 4 is 21.8 Å². The van der Waals surface area contributed by atoms with Crippen LogP contribution >= 0.6 is 15.9 Å². The Bertz CT molecular complexity index is 780. The summed E-state index contributed by atoms with van der Waals surface area (Å²) in [7, 11) is 0. The Labute approximate surface area is 148 Å². The van der Waals surface area contributed by atoms with Crippen LogP contribution in [0.3, 0.4) is 0 Å². The zero-order valence-electron chi connectivity index (χ0n) is 13.1. The Balaban J connectivity index is 1.45. The minimum Gasteiger partial charge on any atom is -0.352 e. The molecule has 6 nitrogen and oxygen atoms in total. The standard InChI is InChI=1S/C17H18BrN5O/c18-15-11-21-23(12-15)16-5-3-14(4-6-16)17(24)20-7-1-2-9-22-10-8-19-13-22/h3-6,8,10-13H,1-2,7,9H2,(H,20,24). The van der Waals surface area contributed by atoms with Gasteiger partial charge >= 0.3 is 0 Å². The molecule has 0 saturated carbocycles. The molecule has 0 radical (unpaired) electrons. The number of carbonyl (C=O) groups is 1. The normalized spacial score (nSPS) is 10.7. The highest BCUT2D eigenvalue weighted by atomic mass is 79.9.